The highest BCUT2D eigenvalue weighted by molar-refractivity contribution is 7.97. The lowest BCUT2D eigenvalue weighted by atomic mass is 10.3. The van der Waals surface area contributed by atoms with Gasteiger partial charge in [-0.25, -0.2) is 0 Å². The quantitative estimate of drug-likeness (QED) is 0.724. The Labute approximate surface area is 77.4 Å². The summed E-state index contributed by atoms with van der Waals surface area (Å²) in [4.78, 5) is 1.20. The number of rotatable bonds is 4. The first kappa shape index (κ1) is 9.42. The molecule has 0 heterocycles. The smallest absolute Gasteiger partial charge is 0.119 e. The van der Waals surface area contributed by atoms with E-state index in [1.165, 1.54) is 4.90 Å². The van der Waals surface area contributed by atoms with Gasteiger partial charge in [0.25, 0.3) is 0 Å². The maximum absolute atomic E-state index is 5.31. The molecule has 0 atom stereocenters. The Morgan fingerprint density at radius 3 is 2.50 bits per heavy atom. The van der Waals surface area contributed by atoms with Crippen LogP contribution >= 0.6 is 11.9 Å². The molecule has 0 fully saturated rings. The third kappa shape index (κ3) is 2.75. The van der Waals surface area contributed by atoms with Crippen molar-refractivity contribution in [1.82, 2.24) is 4.72 Å². The Morgan fingerprint density at radius 2 is 2.00 bits per heavy atom. The van der Waals surface area contributed by atoms with Gasteiger partial charge >= 0.3 is 0 Å². The minimum atomic E-state index is 0.721. The normalized spacial score (nSPS) is 9.83. The zero-order valence-electron chi connectivity index (χ0n) is 7.33. The Kier molecular flexibility index (Phi) is 3.97. The fourth-order valence-electron chi connectivity index (χ4n) is 0.888. The minimum absolute atomic E-state index is 0.721. The molecule has 0 saturated carbocycles. The Balaban J connectivity index is 2.58. The molecule has 0 radical (unpaired) electrons. The maximum Gasteiger partial charge on any atom is 0.119 e. The molecule has 12 heavy (non-hydrogen) atoms. The number of hydrogen-bond donors (Lipinski definition) is 1. The molecule has 0 spiro atoms. The van der Waals surface area contributed by atoms with Gasteiger partial charge in [0.2, 0.25) is 0 Å². The van der Waals surface area contributed by atoms with E-state index < -0.39 is 0 Å². The molecule has 66 valence electrons. The monoisotopic (exact) mass is 183 g/mol. The second kappa shape index (κ2) is 5.06. The molecule has 0 unspecified atom stereocenters. The molecule has 1 N–H and O–H groups in total. The lowest BCUT2D eigenvalue weighted by Gasteiger charge is -2.03. The third-order valence-corrected chi connectivity index (χ3v) is 2.07. The van der Waals surface area contributed by atoms with Crippen molar-refractivity contribution in [3.63, 3.8) is 0 Å². The maximum atomic E-state index is 5.31. The highest BCUT2D eigenvalue weighted by Gasteiger charge is 1.93. The minimum Gasteiger partial charge on any atom is -0.494 e. The lowest BCUT2D eigenvalue weighted by Crippen LogP contribution is -1.92. The van der Waals surface area contributed by atoms with Crippen molar-refractivity contribution in [2.45, 2.75) is 11.8 Å². The van der Waals surface area contributed by atoms with Gasteiger partial charge in [0.15, 0.2) is 0 Å². The fraction of sp³-hybridized carbons (Fsp3) is 0.333. The van der Waals surface area contributed by atoms with Crippen LogP contribution in [0, 0.1) is 0 Å². The first-order chi connectivity index (χ1) is 5.86. The van der Waals surface area contributed by atoms with Crippen molar-refractivity contribution in [1.29, 1.82) is 0 Å². The molecule has 0 aliphatic heterocycles. The summed E-state index contributed by atoms with van der Waals surface area (Å²) in [5.41, 5.74) is 0. The average molecular weight is 183 g/mol. The van der Waals surface area contributed by atoms with Gasteiger partial charge < -0.3 is 4.74 Å². The summed E-state index contributed by atoms with van der Waals surface area (Å²) in [7, 11) is 1.90. The second-order valence-electron chi connectivity index (χ2n) is 2.21. The standard InChI is InChI=1S/C9H13NOS/c1-3-11-8-4-6-9(7-5-8)12-10-2/h4-7,10H,3H2,1-2H3. The highest BCUT2D eigenvalue weighted by Crippen LogP contribution is 2.18. The van der Waals surface area contributed by atoms with E-state index in [9.17, 15) is 0 Å². The average Bonchev–Trinajstić information content (AvgIpc) is 2.09. The molecular weight excluding hydrogens is 170 g/mol. The van der Waals surface area contributed by atoms with Gasteiger partial charge in [0.1, 0.15) is 5.75 Å². The van der Waals surface area contributed by atoms with Crippen LogP contribution in [-0.2, 0) is 0 Å². The van der Waals surface area contributed by atoms with Gasteiger partial charge in [-0.3, -0.25) is 4.72 Å². The van der Waals surface area contributed by atoms with Crippen molar-refractivity contribution in [3.8, 4) is 5.75 Å². The molecule has 0 amide bonds. The Bertz CT molecular complexity index is 197. The van der Waals surface area contributed by atoms with E-state index in [0.717, 1.165) is 12.4 Å². The van der Waals surface area contributed by atoms with Gasteiger partial charge in [0, 0.05) is 4.90 Å². The summed E-state index contributed by atoms with van der Waals surface area (Å²) in [6.45, 7) is 2.70. The van der Waals surface area contributed by atoms with Crippen LogP contribution in [0.25, 0.3) is 0 Å². The number of ether oxygens (including phenoxy) is 1. The van der Waals surface area contributed by atoms with Crippen molar-refractivity contribution in [2.75, 3.05) is 13.7 Å². The molecule has 0 saturated heterocycles. The van der Waals surface area contributed by atoms with Crippen LogP contribution < -0.4 is 9.46 Å². The van der Waals surface area contributed by atoms with E-state index in [0.29, 0.717) is 0 Å². The van der Waals surface area contributed by atoms with Gasteiger partial charge in [-0.05, 0) is 50.2 Å². The van der Waals surface area contributed by atoms with Gasteiger partial charge in [-0.1, -0.05) is 0 Å². The highest BCUT2D eigenvalue weighted by atomic mass is 32.2. The van der Waals surface area contributed by atoms with Crippen molar-refractivity contribution in [3.05, 3.63) is 24.3 Å². The topological polar surface area (TPSA) is 21.3 Å². The van der Waals surface area contributed by atoms with E-state index in [1.807, 2.05) is 38.2 Å². The van der Waals surface area contributed by atoms with Crippen molar-refractivity contribution < 1.29 is 4.74 Å². The van der Waals surface area contributed by atoms with Crippen LogP contribution in [0.4, 0.5) is 0 Å². The largest absolute Gasteiger partial charge is 0.494 e. The van der Waals surface area contributed by atoms with Crippen LogP contribution in [0.15, 0.2) is 29.2 Å². The molecule has 3 heteroatoms. The van der Waals surface area contributed by atoms with Crippen molar-refractivity contribution in [2.24, 2.45) is 0 Å². The SMILES string of the molecule is CCOc1ccc(SNC)cc1. The summed E-state index contributed by atoms with van der Waals surface area (Å²) in [5, 5.41) is 0. The summed E-state index contributed by atoms with van der Waals surface area (Å²) in [6.07, 6.45) is 0. The van der Waals surface area contributed by atoms with E-state index in [-0.39, 0.29) is 0 Å². The van der Waals surface area contributed by atoms with E-state index in [2.05, 4.69) is 4.72 Å². The summed E-state index contributed by atoms with van der Waals surface area (Å²) >= 11 is 1.60. The lowest BCUT2D eigenvalue weighted by molar-refractivity contribution is 0.340. The first-order valence-corrected chi connectivity index (χ1v) is 4.75. The number of hydrogen-bond acceptors (Lipinski definition) is 3. The molecular formula is C9H13NOS. The second-order valence-corrected chi connectivity index (χ2v) is 3.29. The summed E-state index contributed by atoms with van der Waals surface area (Å²) in [6, 6.07) is 8.02. The fourth-order valence-corrected chi connectivity index (χ4v) is 1.40. The molecule has 1 aromatic rings. The van der Waals surface area contributed by atoms with Crippen LogP contribution in [0.5, 0.6) is 5.75 Å². The number of benzene rings is 1. The zero-order chi connectivity index (χ0) is 8.81. The number of nitrogens with one attached hydrogen (secondary N) is 1. The molecule has 2 nitrogen and oxygen atoms in total. The molecule has 1 aromatic carbocycles. The van der Waals surface area contributed by atoms with Gasteiger partial charge in [-0.15, -0.1) is 0 Å². The third-order valence-electron chi connectivity index (χ3n) is 1.35. The molecule has 0 aliphatic carbocycles. The predicted molar refractivity (Wildman–Crippen MR) is 52.5 cm³/mol. The summed E-state index contributed by atoms with van der Waals surface area (Å²) < 4.78 is 8.32. The van der Waals surface area contributed by atoms with Crippen molar-refractivity contribution >= 4 is 11.9 Å². The van der Waals surface area contributed by atoms with E-state index in [1.54, 1.807) is 11.9 Å². The van der Waals surface area contributed by atoms with Crippen LogP contribution in [-0.4, -0.2) is 13.7 Å². The predicted octanol–water partition coefficient (Wildman–Crippen LogP) is 2.31. The van der Waals surface area contributed by atoms with Crippen LogP contribution in [0.2, 0.25) is 0 Å². The Hall–Kier alpha value is -0.670. The summed E-state index contributed by atoms with van der Waals surface area (Å²) in [5.74, 6) is 0.929. The molecule has 0 aromatic heterocycles. The van der Waals surface area contributed by atoms with Crippen LogP contribution in [0.3, 0.4) is 0 Å². The van der Waals surface area contributed by atoms with Crippen LogP contribution in [0.1, 0.15) is 6.92 Å². The zero-order valence-corrected chi connectivity index (χ0v) is 8.15. The van der Waals surface area contributed by atoms with Gasteiger partial charge in [0.05, 0.1) is 6.61 Å². The molecule has 0 bridgehead atoms. The Morgan fingerprint density at radius 1 is 1.33 bits per heavy atom. The molecule has 1 rings (SSSR count). The van der Waals surface area contributed by atoms with E-state index >= 15 is 0 Å². The molecule has 0 aliphatic rings. The van der Waals surface area contributed by atoms with E-state index in [4.69, 9.17) is 4.74 Å². The van der Waals surface area contributed by atoms with Gasteiger partial charge in [-0.2, -0.15) is 0 Å². The first-order valence-electron chi connectivity index (χ1n) is 3.93.